The van der Waals surface area contributed by atoms with Gasteiger partial charge in [0.2, 0.25) is 0 Å². The third kappa shape index (κ3) is 7.03. The lowest BCUT2D eigenvalue weighted by Gasteiger charge is -2.22. The lowest BCUT2D eigenvalue weighted by atomic mass is 10.2. The van der Waals surface area contributed by atoms with E-state index in [-0.39, 0.29) is 12.5 Å². The van der Waals surface area contributed by atoms with Crippen LogP contribution >= 0.6 is 0 Å². The molecule has 7 heteroatoms. The number of carbonyl (C=O) groups excluding carboxylic acids is 1. The molecule has 0 saturated heterocycles. The maximum atomic E-state index is 11.7. The highest BCUT2D eigenvalue weighted by Crippen LogP contribution is 2.14. The van der Waals surface area contributed by atoms with E-state index in [0.29, 0.717) is 12.3 Å². The first kappa shape index (κ1) is 22.1. The van der Waals surface area contributed by atoms with Crippen LogP contribution in [-0.2, 0) is 17.9 Å². The topological polar surface area (TPSA) is 66.4 Å². The lowest BCUT2D eigenvalue weighted by molar-refractivity contribution is -0.130. The molecule has 0 saturated carbocycles. The van der Waals surface area contributed by atoms with Gasteiger partial charge in [0.15, 0.2) is 12.6 Å². The number of likely N-dealkylation sites (N-methyl/N-ethyl adjacent to an activating group) is 1. The summed E-state index contributed by atoms with van der Waals surface area (Å²) in [5.74, 6) is 2.22. The van der Waals surface area contributed by atoms with Crippen LogP contribution in [0.5, 0.6) is 11.5 Å². The molecule has 0 bridgehead atoms. The predicted molar refractivity (Wildman–Crippen MR) is 115 cm³/mol. The standard InChI is InChI=1S/C22H30N4O3/c1-23-22(26(4)15-17-9-11-19(28-5)12-10-17)24-14-18-7-6-8-20(13-18)29-16-21(27)25(2)3/h6-13H,14-16H2,1-5H3,(H,23,24). The molecule has 0 aliphatic heterocycles. The van der Waals surface area contributed by atoms with Crippen LogP contribution in [0.2, 0.25) is 0 Å². The Morgan fingerprint density at radius 3 is 2.38 bits per heavy atom. The van der Waals surface area contributed by atoms with Crippen molar-refractivity contribution in [3.63, 3.8) is 0 Å². The van der Waals surface area contributed by atoms with Crippen LogP contribution < -0.4 is 14.8 Å². The van der Waals surface area contributed by atoms with E-state index in [4.69, 9.17) is 9.47 Å². The van der Waals surface area contributed by atoms with Crippen molar-refractivity contribution in [3.05, 3.63) is 59.7 Å². The van der Waals surface area contributed by atoms with Gasteiger partial charge in [0, 0.05) is 41.3 Å². The monoisotopic (exact) mass is 398 g/mol. The first-order valence-electron chi connectivity index (χ1n) is 9.39. The Labute approximate surface area is 172 Å². The van der Waals surface area contributed by atoms with Crippen LogP contribution in [-0.4, -0.2) is 63.6 Å². The molecule has 0 radical (unpaired) electrons. The summed E-state index contributed by atoms with van der Waals surface area (Å²) in [6, 6.07) is 15.7. The zero-order valence-corrected chi connectivity index (χ0v) is 17.8. The molecule has 0 aliphatic rings. The Kier molecular flexibility index (Phi) is 8.33. The zero-order valence-electron chi connectivity index (χ0n) is 17.8. The first-order valence-corrected chi connectivity index (χ1v) is 9.39. The third-order valence-corrected chi connectivity index (χ3v) is 4.36. The second-order valence-electron chi connectivity index (χ2n) is 6.83. The summed E-state index contributed by atoms with van der Waals surface area (Å²) in [4.78, 5) is 19.6. The van der Waals surface area contributed by atoms with Gasteiger partial charge in [-0.15, -0.1) is 0 Å². The number of amides is 1. The molecular weight excluding hydrogens is 368 g/mol. The van der Waals surface area contributed by atoms with Crippen molar-refractivity contribution in [2.45, 2.75) is 13.1 Å². The number of guanidine groups is 1. The van der Waals surface area contributed by atoms with Crippen molar-refractivity contribution in [1.29, 1.82) is 0 Å². The van der Waals surface area contributed by atoms with Gasteiger partial charge in [0.1, 0.15) is 11.5 Å². The Morgan fingerprint density at radius 2 is 1.76 bits per heavy atom. The summed E-state index contributed by atoms with van der Waals surface area (Å²) in [7, 11) is 8.83. The van der Waals surface area contributed by atoms with E-state index in [1.807, 2.05) is 55.6 Å². The van der Waals surface area contributed by atoms with E-state index in [1.54, 1.807) is 28.3 Å². The fourth-order valence-electron chi connectivity index (χ4n) is 2.66. The Balaban J connectivity index is 1.90. The number of ether oxygens (including phenoxy) is 2. The summed E-state index contributed by atoms with van der Waals surface area (Å²) >= 11 is 0. The van der Waals surface area contributed by atoms with Crippen LogP contribution in [0.4, 0.5) is 0 Å². The molecular formula is C22H30N4O3. The fraction of sp³-hybridized carbons (Fsp3) is 0.364. The number of carbonyl (C=O) groups is 1. The maximum Gasteiger partial charge on any atom is 0.259 e. The minimum Gasteiger partial charge on any atom is -0.497 e. The summed E-state index contributed by atoms with van der Waals surface area (Å²) in [5, 5.41) is 3.36. The molecule has 0 heterocycles. The zero-order chi connectivity index (χ0) is 21.2. The number of benzene rings is 2. The van der Waals surface area contributed by atoms with E-state index >= 15 is 0 Å². The van der Waals surface area contributed by atoms with Crippen molar-refractivity contribution in [1.82, 2.24) is 15.1 Å². The van der Waals surface area contributed by atoms with Gasteiger partial charge in [0.05, 0.1) is 7.11 Å². The van der Waals surface area contributed by atoms with Crippen LogP contribution in [0.1, 0.15) is 11.1 Å². The van der Waals surface area contributed by atoms with Crippen molar-refractivity contribution < 1.29 is 14.3 Å². The molecule has 0 atom stereocenters. The van der Waals surface area contributed by atoms with Crippen molar-refractivity contribution in [2.75, 3.05) is 41.9 Å². The highest BCUT2D eigenvalue weighted by atomic mass is 16.5. The molecule has 0 unspecified atom stereocenters. The molecule has 2 aromatic rings. The van der Waals surface area contributed by atoms with Gasteiger partial charge in [-0.3, -0.25) is 9.79 Å². The molecule has 156 valence electrons. The smallest absolute Gasteiger partial charge is 0.259 e. The molecule has 2 aromatic carbocycles. The molecule has 7 nitrogen and oxygen atoms in total. The second-order valence-corrected chi connectivity index (χ2v) is 6.83. The predicted octanol–water partition coefficient (Wildman–Crippen LogP) is 2.37. The molecule has 2 rings (SSSR count). The summed E-state index contributed by atoms with van der Waals surface area (Å²) in [6.45, 7) is 1.34. The third-order valence-electron chi connectivity index (χ3n) is 4.36. The van der Waals surface area contributed by atoms with E-state index in [1.165, 1.54) is 4.90 Å². The van der Waals surface area contributed by atoms with Crippen molar-refractivity contribution in [3.8, 4) is 11.5 Å². The van der Waals surface area contributed by atoms with E-state index in [0.717, 1.165) is 29.4 Å². The molecule has 0 aromatic heterocycles. The quantitative estimate of drug-likeness (QED) is 0.546. The van der Waals surface area contributed by atoms with Gasteiger partial charge in [-0.1, -0.05) is 24.3 Å². The van der Waals surface area contributed by atoms with Gasteiger partial charge in [-0.05, 0) is 35.4 Å². The van der Waals surface area contributed by atoms with Gasteiger partial charge < -0.3 is 24.6 Å². The number of rotatable bonds is 8. The molecule has 0 spiro atoms. The Hall–Kier alpha value is -3.22. The summed E-state index contributed by atoms with van der Waals surface area (Å²) in [6.07, 6.45) is 0. The minimum absolute atomic E-state index is 0.0240. The second kappa shape index (κ2) is 10.9. The molecule has 0 fully saturated rings. The maximum absolute atomic E-state index is 11.7. The van der Waals surface area contributed by atoms with Gasteiger partial charge in [-0.2, -0.15) is 0 Å². The normalized spacial score (nSPS) is 11.0. The van der Waals surface area contributed by atoms with Gasteiger partial charge in [-0.25, -0.2) is 0 Å². The number of hydrogen-bond donors (Lipinski definition) is 1. The number of nitrogens with zero attached hydrogens (tertiary/aromatic N) is 3. The average Bonchev–Trinajstić information content (AvgIpc) is 2.73. The van der Waals surface area contributed by atoms with Crippen molar-refractivity contribution >= 4 is 11.9 Å². The fourth-order valence-corrected chi connectivity index (χ4v) is 2.66. The van der Waals surface area contributed by atoms with Gasteiger partial charge in [0.25, 0.3) is 5.91 Å². The molecule has 29 heavy (non-hydrogen) atoms. The van der Waals surface area contributed by atoms with Crippen molar-refractivity contribution in [2.24, 2.45) is 4.99 Å². The SMILES string of the molecule is CN=C(NCc1cccc(OCC(=O)N(C)C)c1)N(C)Cc1ccc(OC)cc1. The Morgan fingerprint density at radius 1 is 1.03 bits per heavy atom. The Bertz CT molecular complexity index is 819. The van der Waals surface area contributed by atoms with E-state index in [9.17, 15) is 4.79 Å². The van der Waals surface area contributed by atoms with Crippen LogP contribution in [0.15, 0.2) is 53.5 Å². The minimum atomic E-state index is -0.0749. The highest BCUT2D eigenvalue weighted by molar-refractivity contribution is 5.79. The van der Waals surface area contributed by atoms with Crippen LogP contribution in [0, 0.1) is 0 Å². The van der Waals surface area contributed by atoms with Crippen LogP contribution in [0.3, 0.4) is 0 Å². The number of nitrogens with one attached hydrogen (secondary N) is 1. The van der Waals surface area contributed by atoms with Crippen LogP contribution in [0.25, 0.3) is 0 Å². The molecule has 0 aliphatic carbocycles. The number of methoxy groups -OCH3 is 1. The number of aliphatic imine (C=N–C) groups is 1. The number of hydrogen-bond acceptors (Lipinski definition) is 4. The van der Waals surface area contributed by atoms with E-state index < -0.39 is 0 Å². The largest absolute Gasteiger partial charge is 0.497 e. The molecule has 1 amide bonds. The highest BCUT2D eigenvalue weighted by Gasteiger charge is 2.08. The summed E-state index contributed by atoms with van der Waals surface area (Å²) < 4.78 is 10.8. The first-order chi connectivity index (χ1) is 13.9. The van der Waals surface area contributed by atoms with E-state index in [2.05, 4.69) is 15.2 Å². The lowest BCUT2D eigenvalue weighted by Crippen LogP contribution is -2.38. The average molecular weight is 399 g/mol. The molecule has 1 N–H and O–H groups in total. The summed E-state index contributed by atoms with van der Waals surface area (Å²) in [5.41, 5.74) is 2.20. The van der Waals surface area contributed by atoms with Gasteiger partial charge >= 0.3 is 0 Å².